The van der Waals surface area contributed by atoms with Gasteiger partial charge in [-0.2, -0.15) is 11.3 Å². The minimum Gasteiger partial charge on any atom is -0.508 e. The molecule has 1 unspecified atom stereocenters. The fraction of sp³-hybridized carbons (Fsp3) is 0.450. The first kappa shape index (κ1) is 20.3. The monoisotopic (exact) mass is 375 g/mol. The van der Waals surface area contributed by atoms with E-state index < -0.39 is 0 Å². The summed E-state index contributed by atoms with van der Waals surface area (Å²) in [7, 11) is 4.03. The molecule has 0 radical (unpaired) electrons. The number of rotatable bonds is 8. The number of hydrogen-bond donors (Lipinski definition) is 3. The number of hydrogen-bond acceptors (Lipinski definition) is 4. The van der Waals surface area contributed by atoms with Crippen LogP contribution in [-0.4, -0.2) is 48.8 Å². The predicted octanol–water partition coefficient (Wildman–Crippen LogP) is 3.17. The Morgan fingerprint density at radius 2 is 2.04 bits per heavy atom. The van der Waals surface area contributed by atoms with E-state index in [2.05, 4.69) is 32.4 Å². The predicted molar refractivity (Wildman–Crippen MR) is 108 cm³/mol. The molecule has 0 aliphatic carbocycles. The van der Waals surface area contributed by atoms with Gasteiger partial charge in [-0.1, -0.05) is 6.07 Å². The summed E-state index contributed by atoms with van der Waals surface area (Å²) in [5.74, 6) is 0.282. The van der Waals surface area contributed by atoms with Crippen molar-refractivity contribution in [3.8, 4) is 5.75 Å². The summed E-state index contributed by atoms with van der Waals surface area (Å²) < 4.78 is 0. The van der Waals surface area contributed by atoms with Crippen LogP contribution in [0, 0.1) is 6.92 Å². The first-order valence-electron chi connectivity index (χ1n) is 8.85. The van der Waals surface area contributed by atoms with E-state index >= 15 is 0 Å². The van der Waals surface area contributed by atoms with Crippen molar-refractivity contribution < 1.29 is 9.90 Å². The van der Waals surface area contributed by atoms with Gasteiger partial charge in [-0.15, -0.1) is 0 Å². The second kappa shape index (κ2) is 9.59. The average molecular weight is 376 g/mol. The maximum atomic E-state index is 12.2. The van der Waals surface area contributed by atoms with Crippen molar-refractivity contribution in [2.24, 2.45) is 0 Å². The number of carbonyl (C=O) groups excluding carboxylic acids is 1. The molecule has 0 bridgehead atoms. The Bertz CT molecular complexity index is 701. The molecule has 0 aliphatic rings. The van der Waals surface area contributed by atoms with Crippen molar-refractivity contribution >= 4 is 17.4 Å². The molecular weight excluding hydrogens is 346 g/mol. The van der Waals surface area contributed by atoms with Crippen LogP contribution in [0.5, 0.6) is 5.75 Å². The van der Waals surface area contributed by atoms with E-state index in [9.17, 15) is 9.90 Å². The second-order valence-electron chi connectivity index (χ2n) is 7.02. The van der Waals surface area contributed by atoms with Crippen molar-refractivity contribution in [2.75, 3.05) is 20.6 Å². The molecule has 1 aromatic heterocycles. The highest BCUT2D eigenvalue weighted by Gasteiger charge is 2.16. The molecule has 1 heterocycles. The number of thiophene rings is 1. The Morgan fingerprint density at radius 1 is 1.27 bits per heavy atom. The third kappa shape index (κ3) is 6.35. The Labute approximate surface area is 160 Å². The summed E-state index contributed by atoms with van der Waals surface area (Å²) in [6.45, 7) is 4.57. The molecule has 2 rings (SSSR count). The van der Waals surface area contributed by atoms with Crippen LogP contribution in [0.4, 0.5) is 4.79 Å². The summed E-state index contributed by atoms with van der Waals surface area (Å²) >= 11 is 1.67. The minimum absolute atomic E-state index is 0.0850. The van der Waals surface area contributed by atoms with Crippen LogP contribution in [0.1, 0.15) is 23.6 Å². The van der Waals surface area contributed by atoms with Crippen LogP contribution in [0.25, 0.3) is 0 Å². The molecule has 2 atom stereocenters. The maximum absolute atomic E-state index is 12.2. The van der Waals surface area contributed by atoms with Gasteiger partial charge in [-0.3, -0.25) is 0 Å². The number of aryl methyl sites for hydroxylation is 1. The third-order valence-corrected chi connectivity index (χ3v) is 5.24. The fourth-order valence-electron chi connectivity index (χ4n) is 2.90. The highest BCUT2D eigenvalue weighted by atomic mass is 32.1. The molecule has 26 heavy (non-hydrogen) atoms. The van der Waals surface area contributed by atoms with Crippen LogP contribution in [0.15, 0.2) is 35.0 Å². The zero-order valence-corrected chi connectivity index (χ0v) is 16.8. The number of carbonyl (C=O) groups is 1. The van der Waals surface area contributed by atoms with Crippen LogP contribution in [0.3, 0.4) is 0 Å². The maximum Gasteiger partial charge on any atom is 0.315 e. The van der Waals surface area contributed by atoms with Gasteiger partial charge in [0.05, 0.1) is 0 Å². The number of benzene rings is 1. The molecule has 3 N–H and O–H groups in total. The Hall–Kier alpha value is -2.05. The SMILES string of the molecule is Cc1cc(O)ccc1C[C@@H](CNC(=O)NC(C)Cc1ccsc1)N(C)C. The third-order valence-electron chi connectivity index (χ3n) is 4.51. The quantitative estimate of drug-likeness (QED) is 0.664. The van der Waals surface area contributed by atoms with Gasteiger partial charge in [0.25, 0.3) is 0 Å². The van der Waals surface area contributed by atoms with Gasteiger partial charge < -0.3 is 20.6 Å². The molecule has 0 aliphatic heterocycles. The standard InChI is InChI=1S/C20H29N3O2S/c1-14-9-19(24)6-5-17(14)11-18(23(3)4)12-21-20(25)22-15(2)10-16-7-8-26-13-16/h5-9,13,15,18,24H,10-12H2,1-4H3,(H2,21,22,25)/t15?,18-/m0/s1. The molecule has 0 spiro atoms. The Kier molecular flexibility index (Phi) is 7.48. The summed E-state index contributed by atoms with van der Waals surface area (Å²) in [5.41, 5.74) is 3.48. The largest absolute Gasteiger partial charge is 0.508 e. The van der Waals surface area contributed by atoms with E-state index in [1.54, 1.807) is 23.5 Å². The van der Waals surface area contributed by atoms with Crippen molar-refractivity contribution in [1.29, 1.82) is 0 Å². The summed E-state index contributed by atoms with van der Waals surface area (Å²) in [4.78, 5) is 14.3. The van der Waals surface area contributed by atoms with E-state index in [1.165, 1.54) is 11.1 Å². The molecule has 5 nitrogen and oxygen atoms in total. The highest BCUT2D eigenvalue weighted by molar-refractivity contribution is 7.07. The molecule has 0 fully saturated rings. The van der Waals surface area contributed by atoms with E-state index in [4.69, 9.17) is 0 Å². The number of phenolic OH excluding ortho intramolecular Hbond substituents is 1. The van der Waals surface area contributed by atoms with Gasteiger partial charge in [-0.05, 0) is 86.4 Å². The van der Waals surface area contributed by atoms with E-state index in [1.807, 2.05) is 34.0 Å². The van der Waals surface area contributed by atoms with Gasteiger partial charge in [-0.25, -0.2) is 4.79 Å². The number of aromatic hydroxyl groups is 1. The lowest BCUT2D eigenvalue weighted by Gasteiger charge is -2.26. The van der Waals surface area contributed by atoms with Crippen LogP contribution >= 0.6 is 11.3 Å². The molecule has 0 saturated heterocycles. The van der Waals surface area contributed by atoms with Gasteiger partial charge in [0.2, 0.25) is 0 Å². The fourth-order valence-corrected chi connectivity index (χ4v) is 3.58. The average Bonchev–Trinajstić information content (AvgIpc) is 3.05. The first-order valence-corrected chi connectivity index (χ1v) is 9.79. The molecule has 0 saturated carbocycles. The Balaban J connectivity index is 1.84. The van der Waals surface area contributed by atoms with E-state index in [-0.39, 0.29) is 23.9 Å². The van der Waals surface area contributed by atoms with Gasteiger partial charge in [0.1, 0.15) is 5.75 Å². The topological polar surface area (TPSA) is 64.6 Å². The van der Waals surface area contributed by atoms with Gasteiger partial charge in [0.15, 0.2) is 0 Å². The normalized spacial score (nSPS) is 13.4. The zero-order chi connectivity index (χ0) is 19.1. The van der Waals surface area contributed by atoms with Crippen molar-refractivity contribution in [2.45, 2.75) is 38.8 Å². The van der Waals surface area contributed by atoms with Crippen LogP contribution in [0.2, 0.25) is 0 Å². The van der Waals surface area contributed by atoms with Crippen LogP contribution in [-0.2, 0) is 12.8 Å². The van der Waals surface area contributed by atoms with Crippen molar-refractivity contribution in [3.05, 3.63) is 51.7 Å². The van der Waals surface area contributed by atoms with Crippen LogP contribution < -0.4 is 10.6 Å². The first-order chi connectivity index (χ1) is 12.3. The second-order valence-corrected chi connectivity index (χ2v) is 7.80. The number of amides is 2. The zero-order valence-electron chi connectivity index (χ0n) is 16.0. The number of urea groups is 1. The Morgan fingerprint density at radius 3 is 2.65 bits per heavy atom. The molecule has 2 aromatic rings. The smallest absolute Gasteiger partial charge is 0.315 e. The van der Waals surface area contributed by atoms with Gasteiger partial charge >= 0.3 is 6.03 Å². The number of phenols is 1. The summed E-state index contributed by atoms with van der Waals surface area (Å²) in [6.07, 6.45) is 1.64. The number of nitrogens with one attached hydrogen (secondary N) is 2. The van der Waals surface area contributed by atoms with E-state index in [0.717, 1.165) is 18.4 Å². The van der Waals surface area contributed by atoms with E-state index in [0.29, 0.717) is 6.54 Å². The summed E-state index contributed by atoms with van der Waals surface area (Å²) in [6, 6.07) is 7.64. The highest BCUT2D eigenvalue weighted by Crippen LogP contribution is 2.18. The molecular formula is C20H29N3O2S. The molecule has 1 aromatic carbocycles. The lowest BCUT2D eigenvalue weighted by atomic mass is 10.00. The van der Waals surface area contributed by atoms with Crippen molar-refractivity contribution in [3.63, 3.8) is 0 Å². The molecule has 2 amide bonds. The molecule has 142 valence electrons. The van der Waals surface area contributed by atoms with Crippen molar-refractivity contribution in [1.82, 2.24) is 15.5 Å². The lowest BCUT2D eigenvalue weighted by Crippen LogP contribution is -2.47. The number of likely N-dealkylation sites (N-methyl/N-ethyl adjacent to an activating group) is 1. The number of nitrogens with zero attached hydrogens (tertiary/aromatic N) is 1. The molecule has 6 heteroatoms. The minimum atomic E-state index is -0.137. The summed E-state index contributed by atoms with van der Waals surface area (Å²) in [5, 5.41) is 19.7. The van der Waals surface area contributed by atoms with Gasteiger partial charge in [0, 0.05) is 18.6 Å². The lowest BCUT2D eigenvalue weighted by molar-refractivity contribution is 0.229.